The second kappa shape index (κ2) is 4.94. The number of piperidine rings is 1. The van der Waals surface area contributed by atoms with Crippen LogP contribution in [0.4, 0.5) is 4.39 Å². The van der Waals surface area contributed by atoms with Crippen LogP contribution in [0.25, 0.3) is 0 Å². The first kappa shape index (κ1) is 11.0. The molecule has 1 unspecified atom stereocenters. The highest BCUT2D eigenvalue weighted by Gasteiger charge is 2.39. The summed E-state index contributed by atoms with van der Waals surface area (Å²) in [6.07, 6.45) is 4.71. The highest BCUT2D eigenvalue weighted by atomic mass is 19.1. The molecule has 1 atom stereocenters. The average molecular weight is 187 g/mol. The van der Waals surface area contributed by atoms with Crippen LogP contribution < -0.4 is 5.32 Å². The Morgan fingerprint density at radius 3 is 2.23 bits per heavy atom. The molecule has 2 rings (SSSR count). The van der Waals surface area contributed by atoms with Crippen LogP contribution in [0.15, 0.2) is 0 Å². The molecule has 1 nitrogen and oxygen atoms in total. The molecular formula is C11H22FN. The van der Waals surface area contributed by atoms with E-state index >= 15 is 0 Å². The van der Waals surface area contributed by atoms with Crippen molar-refractivity contribution in [3.8, 4) is 0 Å². The molecule has 1 saturated carbocycles. The van der Waals surface area contributed by atoms with E-state index in [4.69, 9.17) is 0 Å². The molecule has 1 heterocycles. The first-order valence-corrected chi connectivity index (χ1v) is 5.66. The summed E-state index contributed by atoms with van der Waals surface area (Å²) < 4.78 is 12.9. The van der Waals surface area contributed by atoms with Crippen molar-refractivity contribution >= 4 is 0 Å². The second-order valence-corrected chi connectivity index (χ2v) is 4.09. The van der Waals surface area contributed by atoms with E-state index in [1.165, 1.54) is 12.8 Å². The average Bonchev–Trinajstić information content (AvgIpc) is 2.52. The zero-order valence-electron chi connectivity index (χ0n) is 8.91. The minimum atomic E-state index is -0.493. The maximum absolute atomic E-state index is 12.9. The third-order valence-electron chi connectivity index (χ3n) is 3.31. The zero-order valence-corrected chi connectivity index (χ0v) is 8.91. The van der Waals surface area contributed by atoms with Gasteiger partial charge < -0.3 is 5.32 Å². The van der Waals surface area contributed by atoms with Crippen molar-refractivity contribution in [2.45, 2.75) is 52.1 Å². The van der Waals surface area contributed by atoms with E-state index in [9.17, 15) is 4.39 Å². The maximum atomic E-state index is 12.9. The Balaban J connectivity index is 0.000000396. The first-order chi connectivity index (χ1) is 6.31. The van der Waals surface area contributed by atoms with E-state index in [2.05, 4.69) is 5.32 Å². The summed E-state index contributed by atoms with van der Waals surface area (Å²) in [5, 5.41) is 3.33. The smallest absolute Gasteiger partial charge is 0.101 e. The lowest BCUT2D eigenvalue weighted by Gasteiger charge is -2.33. The van der Waals surface area contributed by atoms with Gasteiger partial charge in [-0.15, -0.1) is 0 Å². The normalized spacial score (nSPS) is 31.2. The van der Waals surface area contributed by atoms with Crippen molar-refractivity contribution < 1.29 is 4.39 Å². The van der Waals surface area contributed by atoms with Crippen molar-refractivity contribution in [1.29, 1.82) is 0 Å². The van der Waals surface area contributed by atoms with Gasteiger partial charge in [0.05, 0.1) is 0 Å². The van der Waals surface area contributed by atoms with Crippen molar-refractivity contribution in [2.75, 3.05) is 13.1 Å². The van der Waals surface area contributed by atoms with Gasteiger partial charge in [-0.1, -0.05) is 13.8 Å². The van der Waals surface area contributed by atoms with Crippen molar-refractivity contribution in [3.63, 3.8) is 0 Å². The predicted octanol–water partition coefficient (Wildman–Crippen LogP) is 2.90. The fourth-order valence-electron chi connectivity index (χ4n) is 2.55. The Hall–Kier alpha value is -0.110. The van der Waals surface area contributed by atoms with Gasteiger partial charge in [-0.3, -0.25) is 0 Å². The van der Waals surface area contributed by atoms with Crippen LogP contribution in [-0.2, 0) is 0 Å². The summed E-state index contributed by atoms with van der Waals surface area (Å²) >= 11 is 0. The zero-order chi connectivity index (χ0) is 9.73. The van der Waals surface area contributed by atoms with E-state index < -0.39 is 6.17 Å². The van der Waals surface area contributed by atoms with Crippen LogP contribution in [0.1, 0.15) is 46.0 Å². The first-order valence-electron chi connectivity index (χ1n) is 5.66. The monoisotopic (exact) mass is 187 g/mol. The number of rotatable bonds is 0. The SMILES string of the molecule is CC.FC1CCC2(CCNCC2)C1. The lowest BCUT2D eigenvalue weighted by molar-refractivity contribution is 0.191. The predicted molar refractivity (Wildman–Crippen MR) is 54.6 cm³/mol. The van der Waals surface area contributed by atoms with Crippen LogP contribution in [0.2, 0.25) is 0 Å². The van der Waals surface area contributed by atoms with E-state index in [-0.39, 0.29) is 0 Å². The van der Waals surface area contributed by atoms with E-state index in [0.717, 1.165) is 32.4 Å². The maximum Gasteiger partial charge on any atom is 0.101 e. The van der Waals surface area contributed by atoms with Crippen molar-refractivity contribution in [1.82, 2.24) is 5.32 Å². The van der Waals surface area contributed by atoms with Gasteiger partial charge >= 0.3 is 0 Å². The molecule has 1 aliphatic heterocycles. The van der Waals surface area contributed by atoms with Crippen LogP contribution >= 0.6 is 0 Å². The topological polar surface area (TPSA) is 12.0 Å². The number of nitrogens with one attached hydrogen (secondary N) is 1. The highest BCUT2D eigenvalue weighted by molar-refractivity contribution is 4.92. The van der Waals surface area contributed by atoms with E-state index in [1.54, 1.807) is 0 Å². The molecule has 78 valence electrons. The molecule has 1 saturated heterocycles. The van der Waals surface area contributed by atoms with E-state index in [1.807, 2.05) is 13.8 Å². The summed E-state index contributed by atoms with van der Waals surface area (Å²) in [5.41, 5.74) is 0.407. The number of hydrogen-bond donors (Lipinski definition) is 1. The Morgan fingerprint density at radius 1 is 1.15 bits per heavy atom. The van der Waals surface area contributed by atoms with Crippen molar-refractivity contribution in [2.24, 2.45) is 5.41 Å². The molecule has 0 radical (unpaired) electrons. The van der Waals surface area contributed by atoms with E-state index in [0.29, 0.717) is 5.41 Å². The largest absolute Gasteiger partial charge is 0.317 e. The third-order valence-corrected chi connectivity index (χ3v) is 3.31. The van der Waals surface area contributed by atoms with Crippen LogP contribution in [-0.4, -0.2) is 19.3 Å². The molecule has 0 amide bonds. The Kier molecular flexibility index (Phi) is 4.17. The Bertz CT molecular complexity index is 136. The molecule has 1 aliphatic carbocycles. The van der Waals surface area contributed by atoms with Gasteiger partial charge in [-0.05, 0) is 50.6 Å². The lowest BCUT2D eigenvalue weighted by atomic mass is 9.78. The number of halogens is 1. The van der Waals surface area contributed by atoms with Gasteiger partial charge in [-0.2, -0.15) is 0 Å². The van der Waals surface area contributed by atoms with Gasteiger partial charge in [0.1, 0.15) is 6.17 Å². The molecule has 2 heteroatoms. The summed E-state index contributed by atoms with van der Waals surface area (Å²) in [7, 11) is 0. The summed E-state index contributed by atoms with van der Waals surface area (Å²) in [6.45, 7) is 6.21. The lowest BCUT2D eigenvalue weighted by Crippen LogP contribution is -2.35. The molecular weight excluding hydrogens is 165 g/mol. The molecule has 1 spiro atoms. The molecule has 1 N–H and O–H groups in total. The van der Waals surface area contributed by atoms with Gasteiger partial charge in [-0.25, -0.2) is 4.39 Å². The van der Waals surface area contributed by atoms with Crippen LogP contribution in [0, 0.1) is 5.41 Å². The molecule has 0 aromatic rings. The Morgan fingerprint density at radius 2 is 1.77 bits per heavy atom. The molecule has 0 aromatic carbocycles. The number of hydrogen-bond acceptors (Lipinski definition) is 1. The van der Waals surface area contributed by atoms with Crippen LogP contribution in [0.5, 0.6) is 0 Å². The molecule has 0 aromatic heterocycles. The molecule has 0 bridgehead atoms. The van der Waals surface area contributed by atoms with Crippen LogP contribution in [0.3, 0.4) is 0 Å². The quantitative estimate of drug-likeness (QED) is 0.615. The summed E-state index contributed by atoms with van der Waals surface area (Å²) in [6, 6.07) is 0. The minimum Gasteiger partial charge on any atom is -0.317 e. The summed E-state index contributed by atoms with van der Waals surface area (Å²) in [4.78, 5) is 0. The highest BCUT2D eigenvalue weighted by Crippen LogP contribution is 2.45. The standard InChI is InChI=1S/C9H16FN.C2H6/c10-8-1-2-9(7-8)3-5-11-6-4-9;1-2/h8,11H,1-7H2;1-2H3. The fraction of sp³-hybridized carbons (Fsp3) is 1.00. The molecule has 13 heavy (non-hydrogen) atoms. The minimum absolute atomic E-state index is 0.407. The summed E-state index contributed by atoms with van der Waals surface area (Å²) in [5.74, 6) is 0. The van der Waals surface area contributed by atoms with Gasteiger partial charge in [0, 0.05) is 0 Å². The van der Waals surface area contributed by atoms with Crippen molar-refractivity contribution in [3.05, 3.63) is 0 Å². The molecule has 2 aliphatic rings. The third kappa shape index (κ3) is 2.67. The van der Waals surface area contributed by atoms with Gasteiger partial charge in [0.25, 0.3) is 0 Å². The van der Waals surface area contributed by atoms with Gasteiger partial charge in [0.15, 0.2) is 0 Å². The second-order valence-electron chi connectivity index (χ2n) is 4.09. The van der Waals surface area contributed by atoms with Gasteiger partial charge in [0.2, 0.25) is 0 Å². The number of alkyl halides is 1. The fourth-order valence-corrected chi connectivity index (χ4v) is 2.55. The Labute approximate surface area is 81.1 Å². The molecule has 2 fully saturated rings.